The van der Waals surface area contributed by atoms with Crippen molar-refractivity contribution in [1.29, 1.82) is 0 Å². The molecule has 3 N–H and O–H groups in total. The second-order valence-corrected chi connectivity index (χ2v) is 9.91. The molecule has 0 fully saturated rings. The maximum absolute atomic E-state index is 14.2. The van der Waals surface area contributed by atoms with Crippen LogP contribution in [0.1, 0.15) is 53.2 Å². The van der Waals surface area contributed by atoms with E-state index in [1.807, 2.05) is 0 Å². The van der Waals surface area contributed by atoms with Crippen molar-refractivity contribution in [2.45, 2.75) is 38.5 Å². The highest BCUT2D eigenvalue weighted by Crippen LogP contribution is 2.32. The fourth-order valence-corrected chi connectivity index (χ4v) is 4.63. The highest BCUT2D eigenvalue weighted by Gasteiger charge is 2.36. The topological polar surface area (TPSA) is 103 Å². The van der Waals surface area contributed by atoms with Crippen LogP contribution in [0.5, 0.6) is 0 Å². The summed E-state index contributed by atoms with van der Waals surface area (Å²) in [7, 11) is 0. The molecule has 0 bridgehead atoms. The average molecular weight is 590 g/mol. The zero-order chi connectivity index (χ0) is 30.8. The SMILES string of the molecule is CC(C)[C@@H](C(=O)N[C@@H](Cc1cc(F)cc(F)c1)c1ncccc1-c1ccc(F)c(C(N)=O)c1)n1ccc(C(F)(F)F)n1. The predicted octanol–water partition coefficient (Wildman–Crippen LogP) is 5.78. The monoisotopic (exact) mass is 589 g/mol. The van der Waals surface area contributed by atoms with E-state index in [1.54, 1.807) is 26.0 Å². The molecular weight excluding hydrogens is 564 g/mol. The van der Waals surface area contributed by atoms with E-state index in [9.17, 15) is 35.9 Å². The molecule has 0 aliphatic rings. The van der Waals surface area contributed by atoms with E-state index in [1.165, 1.54) is 18.3 Å². The summed E-state index contributed by atoms with van der Waals surface area (Å²) in [5.74, 6) is -4.87. The first kappa shape index (κ1) is 30.3. The lowest BCUT2D eigenvalue weighted by Crippen LogP contribution is -2.39. The van der Waals surface area contributed by atoms with Crippen LogP contribution in [0.4, 0.5) is 26.3 Å². The second-order valence-electron chi connectivity index (χ2n) is 9.91. The molecular formula is C29H25F6N5O2. The van der Waals surface area contributed by atoms with Crippen molar-refractivity contribution in [2.75, 3.05) is 0 Å². The summed E-state index contributed by atoms with van der Waals surface area (Å²) in [6.07, 6.45) is -2.48. The minimum atomic E-state index is -4.73. The van der Waals surface area contributed by atoms with Gasteiger partial charge >= 0.3 is 6.18 Å². The molecule has 0 aliphatic carbocycles. The number of pyridine rings is 1. The van der Waals surface area contributed by atoms with Gasteiger partial charge in [-0.3, -0.25) is 19.3 Å². The molecule has 42 heavy (non-hydrogen) atoms. The summed E-state index contributed by atoms with van der Waals surface area (Å²) in [5.41, 5.74) is 4.69. The Bertz CT molecular complexity index is 1600. The van der Waals surface area contributed by atoms with Crippen molar-refractivity contribution in [3.63, 3.8) is 0 Å². The van der Waals surface area contributed by atoms with Crippen molar-refractivity contribution in [1.82, 2.24) is 20.1 Å². The molecule has 2 heterocycles. The van der Waals surface area contributed by atoms with E-state index in [4.69, 9.17) is 5.73 Å². The molecule has 7 nitrogen and oxygen atoms in total. The van der Waals surface area contributed by atoms with Crippen LogP contribution in [-0.2, 0) is 17.4 Å². The van der Waals surface area contributed by atoms with Crippen molar-refractivity contribution in [3.05, 3.63) is 107 Å². The fourth-order valence-electron chi connectivity index (χ4n) is 4.63. The first-order valence-corrected chi connectivity index (χ1v) is 12.7. The molecule has 0 unspecified atom stereocenters. The first-order valence-electron chi connectivity index (χ1n) is 12.7. The number of nitrogens with one attached hydrogen (secondary N) is 1. The van der Waals surface area contributed by atoms with Crippen molar-refractivity contribution >= 4 is 11.8 Å². The number of hydrogen-bond acceptors (Lipinski definition) is 4. The number of rotatable bonds is 9. The average Bonchev–Trinajstić information content (AvgIpc) is 3.38. The Balaban J connectivity index is 1.79. The van der Waals surface area contributed by atoms with Crippen LogP contribution in [0.2, 0.25) is 0 Å². The van der Waals surface area contributed by atoms with E-state index in [-0.39, 0.29) is 17.7 Å². The summed E-state index contributed by atoms with van der Waals surface area (Å²) in [6, 6.07) is 8.00. The maximum atomic E-state index is 14.2. The van der Waals surface area contributed by atoms with Gasteiger partial charge in [-0.1, -0.05) is 26.0 Å². The fraction of sp³-hybridized carbons (Fsp3) is 0.241. The minimum absolute atomic E-state index is 0.144. The maximum Gasteiger partial charge on any atom is 0.435 e. The van der Waals surface area contributed by atoms with E-state index in [0.717, 1.165) is 35.1 Å². The van der Waals surface area contributed by atoms with Gasteiger partial charge in [0, 0.05) is 24.0 Å². The van der Waals surface area contributed by atoms with Gasteiger partial charge < -0.3 is 11.1 Å². The lowest BCUT2D eigenvalue weighted by atomic mass is 9.93. The summed E-state index contributed by atoms with van der Waals surface area (Å²) in [6.45, 7) is 3.23. The van der Waals surface area contributed by atoms with Gasteiger partial charge in [0.05, 0.1) is 17.3 Å². The second kappa shape index (κ2) is 12.0. The molecule has 2 atom stereocenters. The first-order chi connectivity index (χ1) is 19.7. The molecule has 0 saturated heterocycles. The standard InChI is InChI=1S/C29H25F6N5O2/c1-15(2)26(40-9-7-24(39-40)29(33,34)35)28(42)38-23(12-16-10-18(30)14-19(31)11-16)25-20(4-3-8-37-25)17-5-6-22(32)21(13-17)27(36)41/h3-11,13-15,23,26H,12H2,1-2H3,(H2,36,41)(H,38,42)/t23-,26-/m0/s1. The van der Waals surface area contributed by atoms with E-state index < -0.39 is 64.7 Å². The number of halogens is 6. The van der Waals surface area contributed by atoms with Crippen LogP contribution in [0.3, 0.4) is 0 Å². The smallest absolute Gasteiger partial charge is 0.366 e. The Hall–Kier alpha value is -4.68. The van der Waals surface area contributed by atoms with Gasteiger partial charge in [0.2, 0.25) is 5.91 Å². The number of primary amides is 1. The van der Waals surface area contributed by atoms with Crippen LogP contribution in [-0.4, -0.2) is 26.6 Å². The molecule has 0 spiro atoms. The zero-order valence-corrected chi connectivity index (χ0v) is 22.3. The summed E-state index contributed by atoms with van der Waals surface area (Å²) < 4.78 is 82.9. The van der Waals surface area contributed by atoms with Crippen LogP contribution in [0.25, 0.3) is 11.1 Å². The van der Waals surface area contributed by atoms with E-state index in [0.29, 0.717) is 17.2 Å². The summed E-state index contributed by atoms with van der Waals surface area (Å²) >= 11 is 0. The quantitative estimate of drug-likeness (QED) is 0.242. The Morgan fingerprint density at radius 1 is 1.00 bits per heavy atom. The molecule has 0 saturated carbocycles. The van der Waals surface area contributed by atoms with Gasteiger partial charge in [0.1, 0.15) is 23.5 Å². The van der Waals surface area contributed by atoms with Gasteiger partial charge in [-0.25, -0.2) is 13.2 Å². The normalized spacial score (nSPS) is 13.2. The third kappa shape index (κ3) is 6.78. The Morgan fingerprint density at radius 3 is 2.29 bits per heavy atom. The number of nitrogens with zero attached hydrogens (tertiary/aromatic N) is 3. The number of benzene rings is 2. The molecule has 2 aromatic carbocycles. The molecule has 0 aliphatic heterocycles. The van der Waals surface area contributed by atoms with Crippen LogP contribution in [0, 0.1) is 23.4 Å². The van der Waals surface area contributed by atoms with Gasteiger partial charge in [-0.05, 0) is 59.9 Å². The molecule has 220 valence electrons. The molecule has 4 rings (SSSR count). The highest BCUT2D eigenvalue weighted by molar-refractivity contribution is 5.94. The highest BCUT2D eigenvalue weighted by atomic mass is 19.4. The van der Waals surface area contributed by atoms with Gasteiger partial charge in [-0.2, -0.15) is 18.3 Å². The van der Waals surface area contributed by atoms with E-state index >= 15 is 0 Å². The number of nitrogens with two attached hydrogens (primary N) is 1. The third-order valence-corrected chi connectivity index (χ3v) is 6.47. The molecule has 13 heteroatoms. The molecule has 4 aromatic rings. The Morgan fingerprint density at radius 2 is 1.69 bits per heavy atom. The number of amides is 2. The third-order valence-electron chi connectivity index (χ3n) is 6.47. The predicted molar refractivity (Wildman–Crippen MR) is 140 cm³/mol. The van der Waals surface area contributed by atoms with Crippen molar-refractivity contribution in [3.8, 4) is 11.1 Å². The Labute approximate surface area is 236 Å². The number of alkyl halides is 3. The molecule has 0 radical (unpaired) electrons. The molecule has 2 aromatic heterocycles. The number of carbonyl (C=O) groups is 2. The van der Waals surface area contributed by atoms with Crippen molar-refractivity contribution < 1.29 is 35.9 Å². The number of hydrogen-bond donors (Lipinski definition) is 2. The lowest BCUT2D eigenvalue weighted by molar-refractivity contribution is -0.142. The Kier molecular flexibility index (Phi) is 8.69. The van der Waals surface area contributed by atoms with Gasteiger partial charge in [0.25, 0.3) is 5.91 Å². The van der Waals surface area contributed by atoms with Crippen LogP contribution < -0.4 is 11.1 Å². The number of aromatic nitrogens is 3. The summed E-state index contributed by atoms with van der Waals surface area (Å²) in [4.78, 5) is 29.8. The van der Waals surface area contributed by atoms with Gasteiger partial charge in [-0.15, -0.1) is 0 Å². The van der Waals surface area contributed by atoms with Crippen LogP contribution >= 0.6 is 0 Å². The summed E-state index contributed by atoms with van der Waals surface area (Å²) in [5, 5.41) is 6.30. The molecule has 2 amide bonds. The zero-order valence-electron chi connectivity index (χ0n) is 22.3. The van der Waals surface area contributed by atoms with Gasteiger partial charge in [0.15, 0.2) is 5.69 Å². The number of carbonyl (C=O) groups excluding carboxylic acids is 2. The van der Waals surface area contributed by atoms with E-state index in [2.05, 4.69) is 15.4 Å². The lowest BCUT2D eigenvalue weighted by Gasteiger charge is -2.26. The largest absolute Gasteiger partial charge is 0.435 e. The van der Waals surface area contributed by atoms with Crippen molar-refractivity contribution in [2.24, 2.45) is 11.7 Å². The van der Waals surface area contributed by atoms with Crippen LogP contribution in [0.15, 0.2) is 67.0 Å². The minimum Gasteiger partial charge on any atom is -0.366 e.